The predicted molar refractivity (Wildman–Crippen MR) is 47.0 cm³/mol. The Morgan fingerprint density at radius 1 is 1.25 bits per heavy atom. The molecule has 0 atom stereocenters. The van der Waals surface area contributed by atoms with Crippen molar-refractivity contribution in [3.05, 3.63) is 24.2 Å². The first-order valence-corrected chi connectivity index (χ1v) is 4.81. The largest absolute Gasteiger partial charge is 0.463 e. The lowest BCUT2D eigenvalue weighted by Gasteiger charge is -2.22. The van der Waals surface area contributed by atoms with Crippen LogP contribution >= 0.6 is 0 Å². The van der Waals surface area contributed by atoms with Crippen molar-refractivity contribution in [3.63, 3.8) is 0 Å². The molecule has 1 aliphatic rings. The molecule has 1 saturated heterocycles. The standard InChI is InChI=1S/C10H15NO/c1-2-6-11(7-3-1)9-10-5-4-8-12-10/h4-5,8H,1-3,6-7,9H2/p+1. The van der Waals surface area contributed by atoms with Crippen LogP contribution in [-0.4, -0.2) is 13.1 Å². The van der Waals surface area contributed by atoms with Crippen LogP contribution < -0.4 is 4.90 Å². The van der Waals surface area contributed by atoms with E-state index in [0.29, 0.717) is 0 Å². The molecule has 12 heavy (non-hydrogen) atoms. The van der Waals surface area contributed by atoms with Crippen molar-refractivity contribution in [2.45, 2.75) is 25.8 Å². The van der Waals surface area contributed by atoms with Gasteiger partial charge in [0, 0.05) is 0 Å². The molecule has 0 aromatic carbocycles. The van der Waals surface area contributed by atoms with E-state index in [2.05, 4.69) is 6.07 Å². The molecule has 0 unspecified atom stereocenters. The first-order chi connectivity index (χ1) is 5.95. The minimum absolute atomic E-state index is 1.08. The molecule has 2 heterocycles. The molecule has 0 amide bonds. The Morgan fingerprint density at radius 2 is 2.08 bits per heavy atom. The smallest absolute Gasteiger partial charge is 0.157 e. The predicted octanol–water partition coefficient (Wildman–Crippen LogP) is 0.848. The Kier molecular flexibility index (Phi) is 2.47. The second kappa shape index (κ2) is 3.76. The summed E-state index contributed by atoms with van der Waals surface area (Å²) in [6, 6.07) is 4.04. The molecule has 2 rings (SSSR count). The van der Waals surface area contributed by atoms with Gasteiger partial charge in [-0.05, 0) is 31.4 Å². The summed E-state index contributed by atoms with van der Waals surface area (Å²) in [7, 11) is 0. The van der Waals surface area contributed by atoms with E-state index in [4.69, 9.17) is 4.42 Å². The van der Waals surface area contributed by atoms with Crippen LogP contribution in [0.1, 0.15) is 25.0 Å². The number of likely N-dealkylation sites (tertiary alicyclic amines) is 1. The van der Waals surface area contributed by atoms with Crippen LogP contribution in [0.2, 0.25) is 0 Å². The molecule has 2 heteroatoms. The highest BCUT2D eigenvalue weighted by Gasteiger charge is 2.14. The van der Waals surface area contributed by atoms with Gasteiger partial charge in [-0.3, -0.25) is 0 Å². The summed E-state index contributed by atoms with van der Waals surface area (Å²) >= 11 is 0. The Bertz CT molecular complexity index is 212. The van der Waals surface area contributed by atoms with Gasteiger partial charge in [-0.25, -0.2) is 0 Å². The number of quaternary nitrogens is 1. The maximum Gasteiger partial charge on any atom is 0.157 e. The summed E-state index contributed by atoms with van der Waals surface area (Å²) in [5.41, 5.74) is 0. The van der Waals surface area contributed by atoms with Crippen molar-refractivity contribution >= 4 is 0 Å². The van der Waals surface area contributed by atoms with E-state index in [1.165, 1.54) is 32.4 Å². The highest BCUT2D eigenvalue weighted by atomic mass is 16.3. The van der Waals surface area contributed by atoms with Crippen LogP contribution in [0.5, 0.6) is 0 Å². The van der Waals surface area contributed by atoms with Gasteiger partial charge in [0.05, 0.1) is 19.4 Å². The molecule has 1 aromatic rings. The zero-order chi connectivity index (χ0) is 8.23. The van der Waals surface area contributed by atoms with E-state index >= 15 is 0 Å². The van der Waals surface area contributed by atoms with Crippen LogP contribution in [0.25, 0.3) is 0 Å². The molecule has 1 aromatic heterocycles. The fraction of sp³-hybridized carbons (Fsp3) is 0.600. The summed E-state index contributed by atoms with van der Waals surface area (Å²) in [5, 5.41) is 0. The first kappa shape index (κ1) is 7.87. The van der Waals surface area contributed by atoms with Crippen molar-refractivity contribution in [2.75, 3.05) is 13.1 Å². The number of furan rings is 1. The van der Waals surface area contributed by atoms with Crippen molar-refractivity contribution in [3.8, 4) is 0 Å². The van der Waals surface area contributed by atoms with E-state index < -0.39 is 0 Å². The summed E-state index contributed by atoms with van der Waals surface area (Å²) in [4.78, 5) is 1.68. The lowest BCUT2D eigenvalue weighted by molar-refractivity contribution is -0.919. The van der Waals surface area contributed by atoms with Crippen molar-refractivity contribution in [1.82, 2.24) is 0 Å². The molecule has 0 saturated carbocycles. The molecule has 66 valence electrons. The molecule has 0 bridgehead atoms. The number of rotatable bonds is 2. The number of piperidine rings is 1. The zero-order valence-corrected chi connectivity index (χ0v) is 7.38. The normalized spacial score (nSPS) is 19.7. The fourth-order valence-corrected chi connectivity index (χ4v) is 1.89. The molecule has 0 aliphatic carbocycles. The minimum atomic E-state index is 1.08. The summed E-state index contributed by atoms with van der Waals surface area (Å²) in [6.07, 6.45) is 5.95. The molecule has 1 aliphatic heterocycles. The lowest BCUT2D eigenvalue weighted by Crippen LogP contribution is -3.11. The molecular weight excluding hydrogens is 150 g/mol. The van der Waals surface area contributed by atoms with Gasteiger partial charge in [0.15, 0.2) is 5.76 Å². The van der Waals surface area contributed by atoms with E-state index in [1.54, 1.807) is 11.2 Å². The highest BCUT2D eigenvalue weighted by Crippen LogP contribution is 1.99. The molecule has 1 fully saturated rings. The van der Waals surface area contributed by atoms with Gasteiger partial charge in [0.1, 0.15) is 6.54 Å². The van der Waals surface area contributed by atoms with E-state index in [-0.39, 0.29) is 0 Å². The van der Waals surface area contributed by atoms with Crippen molar-refractivity contribution in [2.24, 2.45) is 0 Å². The van der Waals surface area contributed by atoms with Crippen LogP contribution in [0.4, 0.5) is 0 Å². The van der Waals surface area contributed by atoms with E-state index in [9.17, 15) is 0 Å². The third kappa shape index (κ3) is 1.89. The Hall–Kier alpha value is -0.760. The average molecular weight is 166 g/mol. The molecular formula is C10H16NO+. The van der Waals surface area contributed by atoms with E-state index in [1.807, 2.05) is 6.07 Å². The van der Waals surface area contributed by atoms with Crippen LogP contribution in [0.15, 0.2) is 22.8 Å². The quantitative estimate of drug-likeness (QED) is 0.689. The zero-order valence-electron chi connectivity index (χ0n) is 7.38. The summed E-state index contributed by atoms with van der Waals surface area (Å²) in [5.74, 6) is 1.13. The second-order valence-electron chi connectivity index (χ2n) is 3.57. The maximum atomic E-state index is 5.32. The number of hydrogen-bond donors (Lipinski definition) is 1. The third-order valence-electron chi connectivity index (χ3n) is 2.56. The van der Waals surface area contributed by atoms with Crippen LogP contribution in [-0.2, 0) is 6.54 Å². The van der Waals surface area contributed by atoms with Gasteiger partial charge >= 0.3 is 0 Å². The number of hydrogen-bond acceptors (Lipinski definition) is 1. The van der Waals surface area contributed by atoms with Crippen molar-refractivity contribution < 1.29 is 9.32 Å². The topological polar surface area (TPSA) is 17.6 Å². The summed E-state index contributed by atoms with van der Waals surface area (Å²) in [6.45, 7) is 3.72. The SMILES string of the molecule is c1coc(C[NH+]2CCCCC2)c1. The lowest BCUT2D eigenvalue weighted by atomic mass is 10.1. The van der Waals surface area contributed by atoms with Crippen LogP contribution in [0, 0.1) is 0 Å². The monoisotopic (exact) mass is 166 g/mol. The maximum absolute atomic E-state index is 5.32. The minimum Gasteiger partial charge on any atom is -0.463 e. The molecule has 0 radical (unpaired) electrons. The molecule has 2 nitrogen and oxygen atoms in total. The average Bonchev–Trinajstić information content (AvgIpc) is 2.59. The third-order valence-corrected chi connectivity index (χ3v) is 2.56. The van der Waals surface area contributed by atoms with Gasteiger partial charge in [-0.2, -0.15) is 0 Å². The second-order valence-corrected chi connectivity index (χ2v) is 3.57. The van der Waals surface area contributed by atoms with Gasteiger partial charge < -0.3 is 9.32 Å². The summed E-state index contributed by atoms with van der Waals surface area (Å²) < 4.78 is 5.32. The van der Waals surface area contributed by atoms with Gasteiger partial charge in [0.25, 0.3) is 0 Å². The Labute approximate surface area is 73.2 Å². The first-order valence-electron chi connectivity index (χ1n) is 4.81. The van der Waals surface area contributed by atoms with Gasteiger partial charge in [-0.15, -0.1) is 0 Å². The Balaban J connectivity index is 1.86. The fourth-order valence-electron chi connectivity index (χ4n) is 1.89. The highest BCUT2D eigenvalue weighted by molar-refractivity contribution is 4.95. The molecule has 1 N–H and O–H groups in total. The van der Waals surface area contributed by atoms with Crippen LogP contribution in [0.3, 0.4) is 0 Å². The van der Waals surface area contributed by atoms with E-state index in [0.717, 1.165) is 12.3 Å². The van der Waals surface area contributed by atoms with Crippen molar-refractivity contribution in [1.29, 1.82) is 0 Å². The Morgan fingerprint density at radius 3 is 2.75 bits per heavy atom. The number of nitrogens with one attached hydrogen (secondary N) is 1. The van der Waals surface area contributed by atoms with Gasteiger partial charge in [0.2, 0.25) is 0 Å². The molecule has 0 spiro atoms. The van der Waals surface area contributed by atoms with Gasteiger partial charge in [-0.1, -0.05) is 0 Å².